The Hall–Kier alpha value is -1.13. The molecule has 4 nitrogen and oxygen atoms in total. The van der Waals surface area contributed by atoms with Crippen LogP contribution in [0.5, 0.6) is 0 Å². The van der Waals surface area contributed by atoms with Crippen molar-refractivity contribution in [3.05, 3.63) is 23.9 Å². The minimum atomic E-state index is 0.895. The molecule has 2 fully saturated rings. The molecular formula is C14H22N4. The summed E-state index contributed by atoms with van der Waals surface area (Å²) in [5.74, 6) is 1.17. The lowest BCUT2D eigenvalue weighted by Crippen LogP contribution is -2.47. The van der Waals surface area contributed by atoms with Gasteiger partial charge in [0.25, 0.3) is 0 Å². The van der Waals surface area contributed by atoms with E-state index in [0.717, 1.165) is 25.7 Å². The maximum absolute atomic E-state index is 4.57. The average Bonchev–Trinajstić information content (AvgIpc) is 3.25. The number of anilines is 1. The SMILES string of the molecule is CNCc1cccnc1N1CCN(C2CC2)CC1. The van der Waals surface area contributed by atoms with Gasteiger partial charge in [-0.15, -0.1) is 0 Å². The van der Waals surface area contributed by atoms with Crippen LogP contribution in [0.3, 0.4) is 0 Å². The van der Waals surface area contributed by atoms with Gasteiger partial charge < -0.3 is 10.2 Å². The molecule has 98 valence electrons. The van der Waals surface area contributed by atoms with E-state index in [-0.39, 0.29) is 0 Å². The highest BCUT2D eigenvalue weighted by Crippen LogP contribution is 2.28. The lowest BCUT2D eigenvalue weighted by Gasteiger charge is -2.36. The molecule has 1 aliphatic carbocycles. The fraction of sp³-hybridized carbons (Fsp3) is 0.643. The zero-order valence-corrected chi connectivity index (χ0v) is 11.1. The number of aromatic nitrogens is 1. The summed E-state index contributed by atoms with van der Waals surface area (Å²) in [5.41, 5.74) is 1.31. The molecule has 0 unspecified atom stereocenters. The zero-order chi connectivity index (χ0) is 12.4. The van der Waals surface area contributed by atoms with Crippen LogP contribution in [0.4, 0.5) is 5.82 Å². The molecule has 0 atom stereocenters. The number of piperazine rings is 1. The van der Waals surface area contributed by atoms with Gasteiger partial charge in [-0.1, -0.05) is 6.07 Å². The summed E-state index contributed by atoms with van der Waals surface area (Å²) < 4.78 is 0. The molecule has 4 heteroatoms. The molecule has 2 heterocycles. The Morgan fingerprint density at radius 1 is 1.28 bits per heavy atom. The Bertz CT molecular complexity index is 395. The third-order valence-corrected chi connectivity index (χ3v) is 3.91. The van der Waals surface area contributed by atoms with Gasteiger partial charge in [0.1, 0.15) is 5.82 Å². The largest absolute Gasteiger partial charge is 0.354 e. The third-order valence-electron chi connectivity index (χ3n) is 3.91. The lowest BCUT2D eigenvalue weighted by atomic mass is 10.2. The van der Waals surface area contributed by atoms with Crippen LogP contribution in [0.2, 0.25) is 0 Å². The van der Waals surface area contributed by atoms with Crippen LogP contribution >= 0.6 is 0 Å². The maximum atomic E-state index is 4.57. The van der Waals surface area contributed by atoms with E-state index in [2.05, 4.69) is 26.2 Å². The van der Waals surface area contributed by atoms with Gasteiger partial charge in [-0.3, -0.25) is 4.90 Å². The van der Waals surface area contributed by atoms with E-state index in [1.54, 1.807) is 0 Å². The number of nitrogens with zero attached hydrogens (tertiary/aromatic N) is 3. The molecule has 2 aliphatic rings. The summed E-state index contributed by atoms with van der Waals surface area (Å²) in [7, 11) is 1.99. The van der Waals surface area contributed by atoms with Gasteiger partial charge in [-0.05, 0) is 26.0 Å². The first-order valence-electron chi connectivity index (χ1n) is 6.96. The molecule has 1 aromatic heterocycles. The molecule has 3 rings (SSSR count). The van der Waals surface area contributed by atoms with Crippen molar-refractivity contribution in [2.24, 2.45) is 0 Å². The highest BCUT2D eigenvalue weighted by atomic mass is 15.3. The molecule has 1 aliphatic heterocycles. The predicted molar refractivity (Wildman–Crippen MR) is 73.8 cm³/mol. The number of hydrogen-bond acceptors (Lipinski definition) is 4. The highest BCUT2D eigenvalue weighted by Gasteiger charge is 2.31. The zero-order valence-electron chi connectivity index (χ0n) is 11.1. The second-order valence-corrected chi connectivity index (χ2v) is 5.27. The molecule has 18 heavy (non-hydrogen) atoms. The minimum Gasteiger partial charge on any atom is -0.354 e. The van der Waals surface area contributed by atoms with Crippen LogP contribution in [0, 0.1) is 0 Å². The van der Waals surface area contributed by atoms with Crippen molar-refractivity contribution in [3.8, 4) is 0 Å². The molecule has 1 saturated carbocycles. The Morgan fingerprint density at radius 2 is 2.06 bits per heavy atom. The lowest BCUT2D eigenvalue weighted by molar-refractivity contribution is 0.247. The first-order valence-corrected chi connectivity index (χ1v) is 6.96. The van der Waals surface area contributed by atoms with Gasteiger partial charge >= 0.3 is 0 Å². The molecule has 1 aromatic rings. The van der Waals surface area contributed by atoms with E-state index < -0.39 is 0 Å². The molecular weight excluding hydrogens is 224 g/mol. The van der Waals surface area contributed by atoms with E-state index in [0.29, 0.717) is 0 Å². The van der Waals surface area contributed by atoms with Crippen LogP contribution in [0.15, 0.2) is 18.3 Å². The molecule has 1 saturated heterocycles. The smallest absolute Gasteiger partial charge is 0.133 e. The highest BCUT2D eigenvalue weighted by molar-refractivity contribution is 5.47. The summed E-state index contributed by atoms with van der Waals surface area (Å²) >= 11 is 0. The molecule has 0 spiro atoms. The maximum Gasteiger partial charge on any atom is 0.133 e. The van der Waals surface area contributed by atoms with Crippen molar-refractivity contribution in [3.63, 3.8) is 0 Å². The van der Waals surface area contributed by atoms with Gasteiger partial charge in [-0.25, -0.2) is 4.98 Å². The number of pyridine rings is 1. The average molecular weight is 246 g/mol. The van der Waals surface area contributed by atoms with E-state index in [9.17, 15) is 0 Å². The van der Waals surface area contributed by atoms with Crippen LogP contribution in [0.25, 0.3) is 0 Å². The van der Waals surface area contributed by atoms with Crippen molar-refractivity contribution < 1.29 is 0 Å². The summed E-state index contributed by atoms with van der Waals surface area (Å²) in [6, 6.07) is 5.09. The second-order valence-electron chi connectivity index (χ2n) is 5.27. The standard InChI is InChI=1S/C14H22N4/c1-15-11-12-3-2-6-16-14(12)18-9-7-17(8-10-18)13-4-5-13/h2-3,6,13,15H,4-5,7-11H2,1H3. The topological polar surface area (TPSA) is 31.4 Å². The Kier molecular flexibility index (Phi) is 3.48. The van der Waals surface area contributed by atoms with Crippen molar-refractivity contribution in [1.29, 1.82) is 0 Å². The van der Waals surface area contributed by atoms with Gasteiger partial charge in [-0.2, -0.15) is 0 Å². The molecule has 1 N–H and O–H groups in total. The summed E-state index contributed by atoms with van der Waals surface area (Å²) in [6.07, 6.45) is 4.73. The third kappa shape index (κ3) is 2.49. The van der Waals surface area contributed by atoms with Gasteiger partial charge in [0.05, 0.1) is 0 Å². The van der Waals surface area contributed by atoms with Gasteiger partial charge in [0.2, 0.25) is 0 Å². The van der Waals surface area contributed by atoms with Crippen LogP contribution in [-0.2, 0) is 6.54 Å². The van der Waals surface area contributed by atoms with Crippen molar-refractivity contribution in [1.82, 2.24) is 15.2 Å². The Morgan fingerprint density at radius 3 is 2.72 bits per heavy atom. The summed E-state index contributed by atoms with van der Waals surface area (Å²) in [6.45, 7) is 5.51. The van der Waals surface area contributed by atoms with Crippen LogP contribution in [0.1, 0.15) is 18.4 Å². The molecule has 0 bridgehead atoms. The summed E-state index contributed by atoms with van der Waals surface area (Å²) in [4.78, 5) is 9.65. The van der Waals surface area contributed by atoms with Crippen molar-refractivity contribution in [2.75, 3.05) is 38.1 Å². The Balaban J connectivity index is 1.67. The molecule has 0 amide bonds. The first kappa shape index (κ1) is 11.9. The minimum absolute atomic E-state index is 0.895. The first-order chi connectivity index (χ1) is 8.88. The molecule has 0 radical (unpaired) electrons. The molecule has 0 aromatic carbocycles. The second kappa shape index (κ2) is 5.24. The fourth-order valence-electron chi connectivity index (χ4n) is 2.78. The Labute approximate surface area is 109 Å². The van der Waals surface area contributed by atoms with Crippen molar-refractivity contribution >= 4 is 5.82 Å². The van der Waals surface area contributed by atoms with E-state index in [1.807, 2.05) is 19.3 Å². The van der Waals surface area contributed by atoms with E-state index >= 15 is 0 Å². The number of rotatable bonds is 4. The summed E-state index contributed by atoms with van der Waals surface area (Å²) in [5, 5.41) is 3.22. The normalized spacial score (nSPS) is 21.3. The quantitative estimate of drug-likeness (QED) is 0.861. The van der Waals surface area contributed by atoms with Gasteiger partial charge in [0.15, 0.2) is 0 Å². The van der Waals surface area contributed by atoms with Crippen molar-refractivity contribution in [2.45, 2.75) is 25.4 Å². The van der Waals surface area contributed by atoms with Crippen LogP contribution < -0.4 is 10.2 Å². The van der Waals surface area contributed by atoms with Crippen LogP contribution in [-0.4, -0.2) is 49.2 Å². The van der Waals surface area contributed by atoms with Gasteiger partial charge in [0, 0.05) is 50.5 Å². The van der Waals surface area contributed by atoms with E-state index in [4.69, 9.17) is 0 Å². The number of nitrogens with one attached hydrogen (secondary N) is 1. The monoisotopic (exact) mass is 246 g/mol. The fourth-order valence-corrected chi connectivity index (χ4v) is 2.78. The predicted octanol–water partition coefficient (Wildman–Crippen LogP) is 1.09. The number of hydrogen-bond donors (Lipinski definition) is 1. The van der Waals surface area contributed by atoms with E-state index in [1.165, 1.54) is 37.3 Å².